The molecular weight excluding hydrogens is 376 g/mol. The normalized spacial score (nSPS) is 11.0. The fraction of sp³-hybridized carbons (Fsp3) is 0.200. The van der Waals surface area contributed by atoms with Gasteiger partial charge in [-0.1, -0.05) is 84.5 Å². The van der Waals surface area contributed by atoms with Crippen molar-refractivity contribution in [1.82, 2.24) is 4.98 Å². The van der Waals surface area contributed by atoms with Crippen molar-refractivity contribution in [1.29, 1.82) is 0 Å². The van der Waals surface area contributed by atoms with Crippen LogP contribution in [-0.4, -0.2) is 10.9 Å². The highest BCUT2D eigenvalue weighted by Gasteiger charge is 2.20. The molecule has 4 aromatic rings. The van der Waals surface area contributed by atoms with Crippen LogP contribution in [0.15, 0.2) is 72.8 Å². The Kier molecular flexibility index (Phi) is 5.72. The number of nitrogens with zero attached hydrogens (tertiary/aromatic N) is 2. The minimum atomic E-state index is 0.0625. The first-order valence-electron chi connectivity index (χ1n) is 9.91. The second-order valence-electron chi connectivity index (χ2n) is 7.28. The van der Waals surface area contributed by atoms with Crippen LogP contribution in [0.2, 0.25) is 0 Å². The summed E-state index contributed by atoms with van der Waals surface area (Å²) in [6.07, 6.45) is 1.35. The van der Waals surface area contributed by atoms with Crippen molar-refractivity contribution >= 4 is 32.6 Å². The topological polar surface area (TPSA) is 33.2 Å². The summed E-state index contributed by atoms with van der Waals surface area (Å²) < 4.78 is 1.13. The molecule has 0 aliphatic heterocycles. The van der Waals surface area contributed by atoms with Crippen LogP contribution in [0.5, 0.6) is 0 Å². The summed E-state index contributed by atoms with van der Waals surface area (Å²) in [6, 6.07) is 24.6. The highest BCUT2D eigenvalue weighted by Crippen LogP contribution is 2.31. The zero-order valence-electron chi connectivity index (χ0n) is 16.8. The number of anilines is 1. The van der Waals surface area contributed by atoms with Crippen LogP contribution in [0.4, 0.5) is 5.13 Å². The van der Waals surface area contributed by atoms with E-state index in [0.717, 1.165) is 32.9 Å². The Morgan fingerprint density at radius 1 is 0.931 bits per heavy atom. The zero-order chi connectivity index (χ0) is 20.2. The quantitative estimate of drug-likeness (QED) is 0.401. The Morgan fingerprint density at radius 2 is 1.66 bits per heavy atom. The van der Waals surface area contributed by atoms with E-state index in [-0.39, 0.29) is 5.91 Å². The first kappa shape index (κ1) is 19.3. The van der Waals surface area contributed by atoms with Crippen LogP contribution in [0.1, 0.15) is 29.2 Å². The molecular formula is C25H24N2OS. The van der Waals surface area contributed by atoms with Crippen molar-refractivity contribution < 1.29 is 4.79 Å². The maximum atomic E-state index is 13.3. The summed E-state index contributed by atoms with van der Waals surface area (Å²) in [5.41, 5.74) is 5.54. The van der Waals surface area contributed by atoms with Crippen LogP contribution in [0, 0.1) is 6.92 Å². The maximum absolute atomic E-state index is 13.3. The number of carbonyl (C=O) groups is 1. The van der Waals surface area contributed by atoms with Gasteiger partial charge in [0, 0.05) is 0 Å². The Balaban J connectivity index is 1.67. The number of benzene rings is 3. The number of fused-ring (bicyclic) bond motifs is 1. The summed E-state index contributed by atoms with van der Waals surface area (Å²) in [5.74, 6) is 0.0625. The number of rotatable bonds is 6. The molecule has 0 fully saturated rings. The molecule has 1 heterocycles. The molecule has 0 radical (unpaired) electrons. The fourth-order valence-corrected chi connectivity index (χ4v) is 4.34. The third-order valence-electron chi connectivity index (χ3n) is 5.04. The first-order valence-corrected chi connectivity index (χ1v) is 10.7. The van der Waals surface area contributed by atoms with E-state index in [1.165, 1.54) is 11.1 Å². The van der Waals surface area contributed by atoms with Crippen molar-refractivity contribution in [2.45, 2.75) is 33.2 Å². The van der Waals surface area contributed by atoms with Crippen LogP contribution in [-0.2, 0) is 24.2 Å². The number of carbonyl (C=O) groups excluding carboxylic acids is 1. The van der Waals surface area contributed by atoms with Gasteiger partial charge in [-0.25, -0.2) is 4.98 Å². The highest BCUT2D eigenvalue weighted by atomic mass is 32.1. The zero-order valence-corrected chi connectivity index (χ0v) is 17.6. The molecule has 4 rings (SSSR count). The van der Waals surface area contributed by atoms with Gasteiger partial charge in [0.05, 0.1) is 23.2 Å². The van der Waals surface area contributed by atoms with Crippen molar-refractivity contribution in [2.24, 2.45) is 0 Å². The van der Waals surface area contributed by atoms with E-state index in [4.69, 9.17) is 4.98 Å². The van der Waals surface area contributed by atoms with Gasteiger partial charge in [-0.3, -0.25) is 9.69 Å². The monoisotopic (exact) mass is 400 g/mol. The third-order valence-corrected chi connectivity index (χ3v) is 6.08. The van der Waals surface area contributed by atoms with Crippen LogP contribution in [0.3, 0.4) is 0 Å². The van der Waals surface area contributed by atoms with E-state index in [2.05, 4.69) is 44.2 Å². The minimum Gasteiger partial charge on any atom is -0.283 e. The molecule has 29 heavy (non-hydrogen) atoms. The Bertz CT molecular complexity index is 1120. The minimum absolute atomic E-state index is 0.0625. The van der Waals surface area contributed by atoms with Gasteiger partial charge >= 0.3 is 0 Å². The molecule has 146 valence electrons. The lowest BCUT2D eigenvalue weighted by Crippen LogP contribution is -2.31. The highest BCUT2D eigenvalue weighted by molar-refractivity contribution is 7.22. The van der Waals surface area contributed by atoms with Crippen molar-refractivity contribution in [3.8, 4) is 0 Å². The molecule has 1 amide bonds. The van der Waals surface area contributed by atoms with Gasteiger partial charge in [0.2, 0.25) is 5.91 Å². The van der Waals surface area contributed by atoms with Gasteiger partial charge < -0.3 is 0 Å². The fourth-order valence-electron chi connectivity index (χ4n) is 3.30. The lowest BCUT2D eigenvalue weighted by molar-refractivity contribution is -0.118. The smallest absolute Gasteiger partial charge is 0.233 e. The summed E-state index contributed by atoms with van der Waals surface area (Å²) in [7, 11) is 0. The molecule has 1 aromatic heterocycles. The van der Waals surface area contributed by atoms with Gasteiger partial charge in [0.15, 0.2) is 5.13 Å². The largest absolute Gasteiger partial charge is 0.283 e. The van der Waals surface area contributed by atoms with E-state index < -0.39 is 0 Å². The van der Waals surface area contributed by atoms with Gasteiger partial charge in [-0.15, -0.1) is 0 Å². The molecule has 0 atom stereocenters. The van der Waals surface area contributed by atoms with Crippen LogP contribution < -0.4 is 4.90 Å². The number of hydrogen-bond acceptors (Lipinski definition) is 3. The van der Waals surface area contributed by atoms with Crippen LogP contribution >= 0.6 is 11.3 Å². The van der Waals surface area contributed by atoms with Crippen molar-refractivity contribution in [3.05, 3.63) is 95.1 Å². The average Bonchev–Trinajstić information content (AvgIpc) is 3.17. The molecule has 0 spiro atoms. The molecule has 0 N–H and O–H groups in total. The van der Waals surface area contributed by atoms with E-state index in [9.17, 15) is 4.79 Å². The Hall–Kier alpha value is -2.98. The lowest BCUT2D eigenvalue weighted by Gasteiger charge is -2.20. The Morgan fingerprint density at radius 3 is 2.38 bits per heavy atom. The van der Waals surface area contributed by atoms with Crippen LogP contribution in [0.25, 0.3) is 10.2 Å². The van der Waals surface area contributed by atoms with E-state index in [1.807, 2.05) is 47.4 Å². The predicted molar refractivity (Wildman–Crippen MR) is 122 cm³/mol. The van der Waals surface area contributed by atoms with Gasteiger partial charge in [0.25, 0.3) is 0 Å². The third kappa shape index (κ3) is 4.54. The summed E-state index contributed by atoms with van der Waals surface area (Å²) in [5, 5.41) is 0.759. The summed E-state index contributed by atoms with van der Waals surface area (Å²) in [4.78, 5) is 19.9. The summed E-state index contributed by atoms with van der Waals surface area (Å²) >= 11 is 1.59. The molecule has 0 unspecified atom stereocenters. The van der Waals surface area contributed by atoms with E-state index >= 15 is 0 Å². The van der Waals surface area contributed by atoms with Crippen molar-refractivity contribution in [2.75, 3.05) is 4.90 Å². The molecule has 0 aliphatic carbocycles. The average molecular weight is 401 g/mol. The van der Waals surface area contributed by atoms with Crippen molar-refractivity contribution in [3.63, 3.8) is 0 Å². The summed E-state index contributed by atoms with van der Waals surface area (Å²) in [6.45, 7) is 4.72. The van der Waals surface area contributed by atoms with E-state index in [0.29, 0.717) is 13.0 Å². The number of hydrogen-bond donors (Lipinski definition) is 0. The molecule has 0 saturated carbocycles. The first-order chi connectivity index (χ1) is 14.1. The maximum Gasteiger partial charge on any atom is 0.233 e. The SMILES string of the molecule is CCc1ccc2nc(N(Cc3ccccc3)C(=O)Cc3ccc(C)cc3)sc2c1. The van der Waals surface area contributed by atoms with Gasteiger partial charge in [-0.2, -0.15) is 0 Å². The predicted octanol–water partition coefficient (Wildman–Crippen LogP) is 5.94. The molecule has 3 aromatic carbocycles. The second kappa shape index (κ2) is 8.58. The van der Waals surface area contributed by atoms with Gasteiger partial charge in [-0.05, 0) is 42.2 Å². The molecule has 3 nitrogen and oxygen atoms in total. The van der Waals surface area contributed by atoms with E-state index in [1.54, 1.807) is 11.3 Å². The lowest BCUT2D eigenvalue weighted by atomic mass is 10.1. The number of thiazole rings is 1. The molecule has 0 aliphatic rings. The molecule has 0 saturated heterocycles. The standard InChI is InChI=1S/C25H24N2OS/c1-3-19-13-14-22-23(15-19)29-25(26-22)27(17-21-7-5-4-6-8-21)24(28)16-20-11-9-18(2)10-12-20/h4-15H,3,16-17H2,1-2H3. The number of aryl methyl sites for hydroxylation is 2. The Labute approximate surface area is 175 Å². The number of amides is 1. The number of aromatic nitrogens is 1. The second-order valence-corrected chi connectivity index (χ2v) is 8.29. The molecule has 4 heteroatoms. The van der Waals surface area contributed by atoms with Gasteiger partial charge in [0.1, 0.15) is 0 Å². The molecule has 0 bridgehead atoms.